The maximum atomic E-state index is 13.9. The smallest absolute Gasteiger partial charge is 0.408 e. The highest BCUT2D eigenvalue weighted by Crippen LogP contribution is 2.26. The van der Waals surface area contributed by atoms with E-state index in [1.165, 1.54) is 18.2 Å². The van der Waals surface area contributed by atoms with Crippen LogP contribution in [0.15, 0.2) is 38.5 Å². The number of nitrogens with zero attached hydrogens (tertiary/aromatic N) is 2. The van der Waals surface area contributed by atoms with Gasteiger partial charge in [-0.25, -0.2) is 9.59 Å². The van der Waals surface area contributed by atoms with Crippen LogP contribution in [0.2, 0.25) is 0 Å². The maximum Gasteiger partial charge on any atom is 0.408 e. The van der Waals surface area contributed by atoms with Crippen molar-refractivity contribution in [1.82, 2.24) is 16.0 Å². The van der Waals surface area contributed by atoms with E-state index in [-0.39, 0.29) is 43.0 Å². The van der Waals surface area contributed by atoms with Crippen LogP contribution in [-0.4, -0.2) is 83.6 Å². The van der Waals surface area contributed by atoms with Crippen molar-refractivity contribution >= 4 is 58.3 Å². The third-order valence-electron chi connectivity index (χ3n) is 7.91. The van der Waals surface area contributed by atoms with E-state index >= 15 is 0 Å². The fourth-order valence-electron chi connectivity index (χ4n) is 5.16. The Morgan fingerprint density at radius 2 is 1.69 bits per heavy atom. The maximum absolute atomic E-state index is 13.9. The van der Waals surface area contributed by atoms with Gasteiger partial charge >= 0.3 is 17.7 Å². The number of carboxylic acids is 1. The minimum absolute atomic E-state index is 0.000542. The van der Waals surface area contributed by atoms with E-state index in [1.807, 2.05) is 0 Å². The molecule has 4 atom stereocenters. The van der Waals surface area contributed by atoms with Crippen LogP contribution in [0.1, 0.15) is 72.3 Å². The first-order chi connectivity index (χ1) is 24.2. The fourth-order valence-corrected chi connectivity index (χ4v) is 5.16. The minimum Gasteiger partial charge on any atom is -0.481 e. The van der Waals surface area contributed by atoms with Crippen molar-refractivity contribution in [3.05, 3.63) is 40.2 Å². The highest BCUT2D eigenvalue weighted by atomic mass is 16.6. The van der Waals surface area contributed by atoms with E-state index in [9.17, 15) is 38.7 Å². The molecule has 0 spiro atoms. The van der Waals surface area contributed by atoms with Crippen molar-refractivity contribution in [3.8, 4) is 0 Å². The molecule has 2 aromatic rings. The van der Waals surface area contributed by atoms with E-state index in [0.29, 0.717) is 17.4 Å². The second-order valence-electron chi connectivity index (χ2n) is 13.3. The van der Waals surface area contributed by atoms with Gasteiger partial charge in [-0.2, -0.15) is 0 Å². The van der Waals surface area contributed by atoms with Crippen LogP contribution in [0.25, 0.3) is 11.0 Å². The van der Waals surface area contributed by atoms with Crippen molar-refractivity contribution in [2.24, 2.45) is 28.1 Å². The number of nitrogens with two attached hydrogens (primary N) is 3. The van der Waals surface area contributed by atoms with Gasteiger partial charge in [0.2, 0.25) is 23.6 Å². The summed E-state index contributed by atoms with van der Waals surface area (Å²) >= 11 is 0. The molecule has 1 aromatic heterocycles. The number of primary amides is 1. The molecule has 18 nitrogen and oxygen atoms in total. The lowest BCUT2D eigenvalue weighted by Gasteiger charge is -2.30. The normalized spacial score (nSPS) is 13.5. The lowest BCUT2D eigenvalue weighted by Crippen LogP contribution is -2.57. The molecule has 0 aliphatic carbocycles. The molecule has 1 heterocycles. The molecule has 286 valence electrons. The van der Waals surface area contributed by atoms with Crippen LogP contribution < -0.4 is 43.7 Å². The highest BCUT2D eigenvalue weighted by Gasteiger charge is 2.33. The number of aliphatic imine (C=N–C) groups is 1. The monoisotopic (exact) mass is 730 g/mol. The van der Waals surface area contributed by atoms with Crippen LogP contribution in [0.5, 0.6) is 0 Å². The summed E-state index contributed by atoms with van der Waals surface area (Å²) in [5.74, 6) is -5.24. The van der Waals surface area contributed by atoms with E-state index in [2.05, 4.69) is 20.9 Å². The molecule has 52 heavy (non-hydrogen) atoms. The molecule has 0 fully saturated rings. The summed E-state index contributed by atoms with van der Waals surface area (Å²) in [5.41, 5.74) is 15.9. The average molecular weight is 731 g/mol. The molecule has 1 aromatic carbocycles. The van der Waals surface area contributed by atoms with Gasteiger partial charge in [0.1, 0.15) is 29.3 Å². The Hall–Kier alpha value is -5.68. The number of aliphatic carboxylic acids is 1. The molecular formula is C34H50N8O10. The Bertz CT molecular complexity index is 1710. The van der Waals surface area contributed by atoms with Crippen molar-refractivity contribution in [2.75, 3.05) is 18.0 Å². The number of anilines is 1. The molecule has 0 aliphatic rings. The molecule has 2 rings (SSSR count). The first-order valence-electron chi connectivity index (χ1n) is 16.7. The molecule has 18 heteroatoms. The third-order valence-corrected chi connectivity index (χ3v) is 7.91. The first kappa shape index (κ1) is 42.5. The van der Waals surface area contributed by atoms with Gasteiger partial charge in [-0.15, -0.1) is 0 Å². The lowest BCUT2D eigenvalue weighted by molar-refractivity contribution is -0.138. The quantitative estimate of drug-likeness (QED) is 0.0484. The standard InChI is InChI=1S/C34H50N8O10/c1-7-18(2)28(41-33(50)52-34(4,5)6)31(49)40-22(12-13-26(44)45)30(48)39-17-25(43)42(23(29(35)47)9-8-14-38-32(36)37)20-10-11-21-19(3)15-27(46)51-24(21)16-20/h10-11,15-16,18,22-23,28H,7-9,12-14,17H2,1-6H3,(H2,35,47)(H,39,48)(H,40,49)(H,41,50)(H,44,45)(H4,36,37,38)/t18-,22-,23-,28-/m0/s1. The second-order valence-corrected chi connectivity index (χ2v) is 13.3. The van der Waals surface area contributed by atoms with E-state index in [4.69, 9.17) is 26.4 Å². The number of aryl methyl sites for hydroxylation is 1. The number of nitrogens with one attached hydrogen (secondary N) is 3. The van der Waals surface area contributed by atoms with Crippen molar-refractivity contribution in [2.45, 2.75) is 97.4 Å². The zero-order valence-corrected chi connectivity index (χ0v) is 30.3. The summed E-state index contributed by atoms with van der Waals surface area (Å²) in [6, 6.07) is 1.93. The summed E-state index contributed by atoms with van der Waals surface area (Å²) in [4.78, 5) is 94.6. The number of carbonyl (C=O) groups excluding carboxylic acids is 5. The number of fused-ring (bicyclic) bond motifs is 1. The van der Waals surface area contributed by atoms with Crippen molar-refractivity contribution in [1.29, 1.82) is 0 Å². The van der Waals surface area contributed by atoms with E-state index in [1.54, 1.807) is 47.6 Å². The second kappa shape index (κ2) is 19.1. The van der Waals surface area contributed by atoms with Crippen LogP contribution >= 0.6 is 0 Å². The molecule has 0 bridgehead atoms. The topological polar surface area (TPSA) is 292 Å². The molecule has 0 unspecified atom stereocenters. The van der Waals surface area contributed by atoms with Crippen molar-refractivity contribution in [3.63, 3.8) is 0 Å². The van der Waals surface area contributed by atoms with Crippen LogP contribution in [-0.2, 0) is 28.7 Å². The number of ether oxygens (including phenoxy) is 1. The zero-order valence-electron chi connectivity index (χ0n) is 30.3. The number of amides is 5. The van der Waals surface area contributed by atoms with Gasteiger partial charge in [0, 0.05) is 36.2 Å². The number of hydrogen-bond donors (Lipinski definition) is 7. The Morgan fingerprint density at radius 3 is 2.27 bits per heavy atom. The molecule has 0 radical (unpaired) electrons. The van der Waals surface area contributed by atoms with Gasteiger partial charge in [0.05, 0.1) is 6.54 Å². The van der Waals surface area contributed by atoms with Crippen molar-refractivity contribution < 1.29 is 43.0 Å². The largest absolute Gasteiger partial charge is 0.481 e. The summed E-state index contributed by atoms with van der Waals surface area (Å²) in [6.07, 6.45) is -1.07. The molecule has 5 amide bonds. The number of alkyl carbamates (subject to hydrolysis) is 1. The number of carboxylic acid groups (broad SMARTS) is 1. The SMILES string of the molecule is CC[C@H](C)[C@H](NC(=O)OC(C)(C)C)C(=O)N[C@@H](CCC(=O)O)C(=O)NCC(=O)N(c1ccc2c(C)cc(=O)oc2c1)[C@@H](CCCN=C(N)N)C(N)=O. The lowest BCUT2D eigenvalue weighted by atomic mass is 9.97. The zero-order chi connectivity index (χ0) is 39.3. The summed E-state index contributed by atoms with van der Waals surface area (Å²) in [7, 11) is 0. The third kappa shape index (κ3) is 13.2. The molecular weight excluding hydrogens is 680 g/mol. The van der Waals surface area contributed by atoms with E-state index in [0.717, 1.165) is 4.90 Å². The van der Waals surface area contributed by atoms with Gasteiger partial charge in [0.25, 0.3) is 0 Å². The van der Waals surface area contributed by atoms with Gasteiger partial charge < -0.3 is 47.4 Å². The fraction of sp³-hybridized carbons (Fsp3) is 0.529. The Morgan fingerprint density at radius 1 is 1.02 bits per heavy atom. The Balaban J connectivity index is 2.42. The molecule has 10 N–H and O–H groups in total. The highest BCUT2D eigenvalue weighted by molar-refractivity contribution is 6.04. The molecule has 0 saturated heterocycles. The van der Waals surface area contributed by atoms with Gasteiger partial charge in [0.15, 0.2) is 5.96 Å². The summed E-state index contributed by atoms with van der Waals surface area (Å²) in [6.45, 7) is 9.53. The summed E-state index contributed by atoms with van der Waals surface area (Å²) < 4.78 is 10.6. The number of guanidine groups is 1. The number of rotatable bonds is 18. The molecule has 0 aliphatic heterocycles. The Labute approximate surface area is 300 Å². The number of hydrogen-bond acceptors (Lipinski definition) is 10. The Kier molecular flexibility index (Phi) is 15.6. The predicted octanol–water partition coefficient (Wildman–Crippen LogP) is 0.747. The van der Waals surface area contributed by atoms with Crippen LogP contribution in [0.3, 0.4) is 0 Å². The predicted molar refractivity (Wildman–Crippen MR) is 192 cm³/mol. The average Bonchev–Trinajstić information content (AvgIpc) is 3.03. The van der Waals surface area contributed by atoms with Gasteiger partial charge in [-0.1, -0.05) is 20.3 Å². The van der Waals surface area contributed by atoms with Crippen LogP contribution in [0, 0.1) is 12.8 Å². The number of benzene rings is 1. The number of carbonyl (C=O) groups is 6. The first-order valence-corrected chi connectivity index (χ1v) is 16.7. The minimum atomic E-state index is -1.44. The molecule has 0 saturated carbocycles. The summed E-state index contributed by atoms with van der Waals surface area (Å²) in [5, 5.41) is 17.3. The van der Waals surface area contributed by atoms with E-state index < -0.39 is 83.9 Å². The van der Waals surface area contributed by atoms with Crippen LogP contribution in [0.4, 0.5) is 10.5 Å². The van der Waals surface area contributed by atoms with Gasteiger partial charge in [-0.05, 0) is 70.6 Å². The van der Waals surface area contributed by atoms with Gasteiger partial charge in [-0.3, -0.25) is 33.9 Å².